The number of para-hydroxylation sites is 1. The standard InChI is InChI=1S/C20H26N2O5S2/c1-3-14-28(23,24)22-13-7-8-16-15-17(11-12-18(16)22)21-29(25,26)20-10-6-5-9-19(20)27-4-2/h5-6,9-12,15,21H,3-4,7-8,13-14H2,1-2H3. The monoisotopic (exact) mass is 438 g/mol. The molecule has 0 saturated heterocycles. The van der Waals surface area contributed by atoms with Crippen molar-refractivity contribution in [1.82, 2.24) is 0 Å². The number of rotatable bonds is 8. The van der Waals surface area contributed by atoms with Crippen molar-refractivity contribution in [2.24, 2.45) is 0 Å². The second kappa shape index (κ2) is 8.62. The van der Waals surface area contributed by atoms with Crippen LogP contribution in [0.3, 0.4) is 0 Å². The highest BCUT2D eigenvalue weighted by atomic mass is 32.2. The molecule has 0 amide bonds. The summed E-state index contributed by atoms with van der Waals surface area (Å²) in [5.74, 6) is 0.381. The molecule has 1 aliphatic rings. The number of nitrogens with zero attached hydrogens (tertiary/aromatic N) is 1. The maximum atomic E-state index is 12.9. The molecule has 29 heavy (non-hydrogen) atoms. The fraction of sp³-hybridized carbons (Fsp3) is 0.400. The molecule has 1 N–H and O–H groups in total. The first-order valence-corrected chi connectivity index (χ1v) is 12.8. The summed E-state index contributed by atoms with van der Waals surface area (Å²) < 4.78 is 60.3. The van der Waals surface area contributed by atoms with Crippen LogP contribution in [0.1, 0.15) is 32.3 Å². The predicted molar refractivity (Wildman–Crippen MR) is 115 cm³/mol. The van der Waals surface area contributed by atoms with E-state index in [2.05, 4.69) is 4.72 Å². The predicted octanol–water partition coefficient (Wildman–Crippen LogP) is 3.38. The van der Waals surface area contributed by atoms with Crippen LogP contribution in [-0.4, -0.2) is 35.7 Å². The maximum absolute atomic E-state index is 12.9. The van der Waals surface area contributed by atoms with Gasteiger partial charge < -0.3 is 4.74 Å². The summed E-state index contributed by atoms with van der Waals surface area (Å²) >= 11 is 0. The minimum atomic E-state index is -3.85. The third-order valence-electron chi connectivity index (χ3n) is 4.64. The zero-order valence-corrected chi connectivity index (χ0v) is 18.2. The summed E-state index contributed by atoms with van der Waals surface area (Å²) in [5.41, 5.74) is 1.83. The van der Waals surface area contributed by atoms with Gasteiger partial charge in [-0.3, -0.25) is 9.03 Å². The summed E-state index contributed by atoms with van der Waals surface area (Å²) in [4.78, 5) is 0.0618. The van der Waals surface area contributed by atoms with Crippen molar-refractivity contribution in [3.8, 4) is 5.75 Å². The first kappa shape index (κ1) is 21.4. The largest absolute Gasteiger partial charge is 0.492 e. The molecule has 2 aromatic rings. The normalized spacial score (nSPS) is 14.3. The molecule has 9 heteroatoms. The molecular formula is C20H26N2O5S2. The molecule has 0 radical (unpaired) electrons. The summed E-state index contributed by atoms with van der Waals surface area (Å²) in [6.07, 6.45) is 1.93. The molecule has 0 aliphatic carbocycles. The number of hydrogen-bond acceptors (Lipinski definition) is 5. The second-order valence-electron chi connectivity index (χ2n) is 6.82. The van der Waals surface area contributed by atoms with Gasteiger partial charge in [0.15, 0.2) is 0 Å². The summed E-state index contributed by atoms with van der Waals surface area (Å²) in [7, 11) is -7.22. The molecule has 0 unspecified atom stereocenters. The first-order valence-electron chi connectivity index (χ1n) is 9.66. The molecule has 0 saturated carbocycles. The van der Waals surface area contributed by atoms with Crippen molar-refractivity contribution in [3.05, 3.63) is 48.0 Å². The van der Waals surface area contributed by atoms with Crippen LogP contribution in [0.2, 0.25) is 0 Å². The number of anilines is 2. The molecule has 2 aromatic carbocycles. The van der Waals surface area contributed by atoms with Crippen LogP contribution in [0.4, 0.5) is 11.4 Å². The van der Waals surface area contributed by atoms with Gasteiger partial charge in [0.1, 0.15) is 10.6 Å². The number of fused-ring (bicyclic) bond motifs is 1. The number of nitrogens with one attached hydrogen (secondary N) is 1. The Bertz CT molecular complexity index is 1080. The van der Waals surface area contributed by atoms with Gasteiger partial charge in [0.05, 0.1) is 18.0 Å². The molecule has 0 spiro atoms. The molecule has 0 atom stereocenters. The van der Waals surface area contributed by atoms with E-state index in [-0.39, 0.29) is 16.4 Å². The number of sulfonamides is 2. The molecule has 1 heterocycles. The lowest BCUT2D eigenvalue weighted by Gasteiger charge is -2.30. The minimum Gasteiger partial charge on any atom is -0.492 e. The van der Waals surface area contributed by atoms with Crippen molar-refractivity contribution >= 4 is 31.4 Å². The van der Waals surface area contributed by atoms with Gasteiger partial charge in [0.25, 0.3) is 10.0 Å². The lowest BCUT2D eigenvalue weighted by atomic mass is 10.0. The molecule has 0 aromatic heterocycles. The zero-order chi connectivity index (χ0) is 21.1. The molecule has 0 fully saturated rings. The van der Waals surface area contributed by atoms with Gasteiger partial charge in [-0.1, -0.05) is 19.1 Å². The van der Waals surface area contributed by atoms with Crippen molar-refractivity contribution in [3.63, 3.8) is 0 Å². The average molecular weight is 439 g/mol. The average Bonchev–Trinajstić information content (AvgIpc) is 2.67. The van der Waals surface area contributed by atoms with Crippen molar-refractivity contribution in [2.45, 2.75) is 38.0 Å². The highest BCUT2D eigenvalue weighted by molar-refractivity contribution is 7.93. The van der Waals surface area contributed by atoms with Gasteiger partial charge in [-0.2, -0.15) is 0 Å². The van der Waals surface area contributed by atoms with E-state index < -0.39 is 20.0 Å². The SMILES string of the molecule is CCCS(=O)(=O)N1CCCc2cc(NS(=O)(=O)c3ccccc3OCC)ccc21. The van der Waals surface area contributed by atoms with Gasteiger partial charge >= 0.3 is 0 Å². The summed E-state index contributed by atoms with van der Waals surface area (Å²) in [5, 5.41) is 0. The van der Waals surface area contributed by atoms with E-state index in [9.17, 15) is 16.8 Å². The minimum absolute atomic E-state index is 0.0618. The van der Waals surface area contributed by atoms with Crippen LogP contribution in [0.5, 0.6) is 5.75 Å². The molecule has 3 rings (SSSR count). The van der Waals surface area contributed by atoms with Crippen molar-refractivity contribution in [2.75, 3.05) is 27.9 Å². The number of ether oxygens (including phenoxy) is 1. The fourth-order valence-electron chi connectivity index (χ4n) is 3.44. The third kappa shape index (κ3) is 4.67. The van der Waals surface area contributed by atoms with E-state index in [4.69, 9.17) is 4.74 Å². The van der Waals surface area contributed by atoms with Crippen LogP contribution < -0.4 is 13.8 Å². The summed E-state index contributed by atoms with van der Waals surface area (Å²) in [6.45, 7) is 4.43. The Morgan fingerprint density at radius 2 is 1.83 bits per heavy atom. The highest BCUT2D eigenvalue weighted by Crippen LogP contribution is 2.33. The van der Waals surface area contributed by atoms with Gasteiger partial charge in [-0.05, 0) is 62.1 Å². The topological polar surface area (TPSA) is 92.8 Å². The molecular weight excluding hydrogens is 412 g/mol. The lowest BCUT2D eigenvalue weighted by molar-refractivity contribution is 0.331. The lowest BCUT2D eigenvalue weighted by Crippen LogP contribution is -2.37. The van der Waals surface area contributed by atoms with Gasteiger partial charge in [-0.25, -0.2) is 16.8 Å². The number of hydrogen-bond donors (Lipinski definition) is 1. The highest BCUT2D eigenvalue weighted by Gasteiger charge is 2.27. The van der Waals surface area contributed by atoms with Crippen LogP contribution in [0, 0.1) is 0 Å². The molecule has 0 bridgehead atoms. The smallest absolute Gasteiger partial charge is 0.265 e. The Morgan fingerprint density at radius 1 is 1.07 bits per heavy atom. The van der Waals surface area contributed by atoms with E-state index in [1.165, 1.54) is 10.4 Å². The molecule has 7 nitrogen and oxygen atoms in total. The Balaban J connectivity index is 1.91. The number of aryl methyl sites for hydroxylation is 1. The first-order chi connectivity index (χ1) is 13.8. The second-order valence-corrected chi connectivity index (χ2v) is 10.5. The van der Waals surface area contributed by atoms with Crippen molar-refractivity contribution in [1.29, 1.82) is 0 Å². The zero-order valence-electron chi connectivity index (χ0n) is 16.6. The third-order valence-corrected chi connectivity index (χ3v) is 8.04. The fourth-order valence-corrected chi connectivity index (χ4v) is 6.26. The summed E-state index contributed by atoms with van der Waals surface area (Å²) in [6, 6.07) is 11.4. The Hall–Kier alpha value is -2.26. The Kier molecular flexibility index (Phi) is 6.38. The van der Waals surface area contributed by atoms with E-state index in [0.717, 1.165) is 5.56 Å². The van der Waals surface area contributed by atoms with Crippen LogP contribution in [0.25, 0.3) is 0 Å². The Morgan fingerprint density at radius 3 is 2.55 bits per heavy atom. The van der Waals surface area contributed by atoms with E-state index >= 15 is 0 Å². The molecule has 158 valence electrons. The van der Waals surface area contributed by atoms with E-state index in [1.807, 2.05) is 6.92 Å². The quantitative estimate of drug-likeness (QED) is 0.682. The van der Waals surface area contributed by atoms with E-state index in [0.29, 0.717) is 43.8 Å². The maximum Gasteiger partial charge on any atom is 0.265 e. The van der Waals surface area contributed by atoms with Gasteiger partial charge in [0.2, 0.25) is 10.0 Å². The van der Waals surface area contributed by atoms with Crippen molar-refractivity contribution < 1.29 is 21.6 Å². The van der Waals surface area contributed by atoms with Crippen LogP contribution >= 0.6 is 0 Å². The van der Waals surface area contributed by atoms with Crippen LogP contribution in [0.15, 0.2) is 47.4 Å². The Labute approximate surface area is 172 Å². The van der Waals surface area contributed by atoms with Gasteiger partial charge in [0, 0.05) is 12.2 Å². The van der Waals surface area contributed by atoms with E-state index in [1.54, 1.807) is 43.3 Å². The molecule has 1 aliphatic heterocycles. The van der Waals surface area contributed by atoms with Gasteiger partial charge in [-0.15, -0.1) is 0 Å². The van der Waals surface area contributed by atoms with Crippen LogP contribution in [-0.2, 0) is 26.5 Å². The number of benzene rings is 2.